The number of nitrogens with zero attached hydrogens (tertiary/aromatic N) is 2. The Labute approximate surface area is 102 Å². The molecule has 0 atom stereocenters. The molecule has 0 radical (unpaired) electrons. The minimum atomic E-state index is 0. The largest absolute Gasteiger partial charge is 0.339 e. The summed E-state index contributed by atoms with van der Waals surface area (Å²) in [5, 5.41) is 0. The van der Waals surface area contributed by atoms with E-state index in [4.69, 9.17) is 0 Å². The fraction of sp³-hybridized carbons (Fsp3) is 0.500. The fourth-order valence-corrected chi connectivity index (χ4v) is 1.95. The Hall–Kier alpha value is -1.09. The van der Waals surface area contributed by atoms with Crippen LogP contribution in [0.15, 0.2) is 24.5 Å². The van der Waals surface area contributed by atoms with Gasteiger partial charge in [0.25, 0.3) is 5.91 Å². The highest BCUT2D eigenvalue weighted by atomic mass is 35.5. The molecule has 16 heavy (non-hydrogen) atoms. The summed E-state index contributed by atoms with van der Waals surface area (Å²) in [6.07, 6.45) is 8.12. The Bertz CT molecular complexity index is 321. The Morgan fingerprint density at radius 2 is 1.62 bits per heavy atom. The first kappa shape index (κ1) is 13.0. The summed E-state index contributed by atoms with van der Waals surface area (Å²) in [6.45, 7) is 1.81. The first-order valence-corrected chi connectivity index (χ1v) is 5.57. The van der Waals surface area contributed by atoms with Gasteiger partial charge in [0.05, 0.1) is 0 Å². The SMILES string of the molecule is Cl.O=C(c1ccncc1)N1CCCCCC1. The van der Waals surface area contributed by atoms with Crippen molar-refractivity contribution in [3.63, 3.8) is 0 Å². The third-order valence-corrected chi connectivity index (χ3v) is 2.82. The standard InChI is InChI=1S/C12H16N2O.ClH/c15-12(11-5-7-13-8-6-11)14-9-3-1-2-4-10-14;/h5-8H,1-4,9-10H2;1H. The number of carbonyl (C=O) groups excluding carboxylic acids is 1. The van der Waals surface area contributed by atoms with Crippen LogP contribution in [0.4, 0.5) is 0 Å². The highest BCUT2D eigenvalue weighted by Gasteiger charge is 2.16. The topological polar surface area (TPSA) is 33.2 Å². The molecule has 1 aromatic rings. The average molecular weight is 241 g/mol. The van der Waals surface area contributed by atoms with E-state index in [1.54, 1.807) is 24.5 Å². The predicted octanol–water partition coefficient (Wildman–Crippen LogP) is 2.52. The van der Waals surface area contributed by atoms with Crippen LogP contribution >= 0.6 is 12.4 Å². The second kappa shape index (κ2) is 6.48. The zero-order valence-electron chi connectivity index (χ0n) is 9.26. The molecule has 3 nitrogen and oxygen atoms in total. The molecule has 2 heterocycles. The zero-order valence-corrected chi connectivity index (χ0v) is 10.1. The van der Waals surface area contributed by atoms with Gasteiger partial charge in [0.15, 0.2) is 0 Å². The van der Waals surface area contributed by atoms with Crippen molar-refractivity contribution in [3.05, 3.63) is 30.1 Å². The van der Waals surface area contributed by atoms with Gasteiger partial charge in [0, 0.05) is 31.0 Å². The summed E-state index contributed by atoms with van der Waals surface area (Å²) < 4.78 is 0. The lowest BCUT2D eigenvalue weighted by atomic mass is 10.2. The number of hydrogen-bond acceptors (Lipinski definition) is 2. The van der Waals surface area contributed by atoms with Gasteiger partial charge in [-0.25, -0.2) is 0 Å². The molecule has 2 rings (SSSR count). The Balaban J connectivity index is 0.00000128. The first-order chi connectivity index (χ1) is 7.38. The number of carbonyl (C=O) groups is 1. The smallest absolute Gasteiger partial charge is 0.253 e. The molecule has 0 saturated carbocycles. The molecule has 0 aliphatic carbocycles. The van der Waals surface area contributed by atoms with E-state index in [2.05, 4.69) is 4.98 Å². The Morgan fingerprint density at radius 1 is 1.06 bits per heavy atom. The molecule has 0 bridgehead atoms. The second-order valence-corrected chi connectivity index (χ2v) is 3.94. The van der Waals surface area contributed by atoms with E-state index in [-0.39, 0.29) is 18.3 Å². The van der Waals surface area contributed by atoms with E-state index in [1.165, 1.54) is 12.8 Å². The van der Waals surface area contributed by atoms with Gasteiger partial charge in [-0.2, -0.15) is 0 Å². The number of likely N-dealkylation sites (tertiary alicyclic amines) is 1. The van der Waals surface area contributed by atoms with E-state index in [1.807, 2.05) is 4.90 Å². The van der Waals surface area contributed by atoms with Gasteiger partial charge in [-0.3, -0.25) is 9.78 Å². The molecule has 4 heteroatoms. The molecule has 0 spiro atoms. The van der Waals surface area contributed by atoms with Gasteiger partial charge in [-0.15, -0.1) is 12.4 Å². The molecule has 1 aliphatic heterocycles. The second-order valence-electron chi connectivity index (χ2n) is 3.94. The summed E-state index contributed by atoms with van der Waals surface area (Å²) in [6, 6.07) is 3.57. The van der Waals surface area contributed by atoms with E-state index >= 15 is 0 Å². The molecular formula is C12H17ClN2O. The van der Waals surface area contributed by atoms with Gasteiger partial charge < -0.3 is 4.90 Å². The minimum Gasteiger partial charge on any atom is -0.339 e. The van der Waals surface area contributed by atoms with Crippen molar-refractivity contribution in [3.8, 4) is 0 Å². The minimum absolute atomic E-state index is 0. The molecule has 0 N–H and O–H groups in total. The highest BCUT2D eigenvalue weighted by Crippen LogP contribution is 2.12. The molecule has 0 unspecified atom stereocenters. The van der Waals surface area contributed by atoms with E-state index in [0.717, 1.165) is 31.5 Å². The summed E-state index contributed by atoms with van der Waals surface area (Å²) in [5.74, 6) is 0.152. The van der Waals surface area contributed by atoms with E-state index < -0.39 is 0 Å². The van der Waals surface area contributed by atoms with E-state index in [9.17, 15) is 4.79 Å². The average Bonchev–Trinajstić information content (AvgIpc) is 2.58. The molecule has 88 valence electrons. The van der Waals surface area contributed by atoms with Crippen molar-refractivity contribution in [2.75, 3.05) is 13.1 Å². The van der Waals surface area contributed by atoms with Crippen molar-refractivity contribution in [1.29, 1.82) is 0 Å². The van der Waals surface area contributed by atoms with Crippen LogP contribution in [-0.4, -0.2) is 28.9 Å². The van der Waals surface area contributed by atoms with Crippen molar-refractivity contribution < 1.29 is 4.79 Å². The molecule has 1 aromatic heterocycles. The summed E-state index contributed by atoms with van der Waals surface area (Å²) in [7, 11) is 0. The van der Waals surface area contributed by atoms with Crippen LogP contribution in [0, 0.1) is 0 Å². The monoisotopic (exact) mass is 240 g/mol. The summed E-state index contributed by atoms with van der Waals surface area (Å²) in [5.41, 5.74) is 0.756. The maximum atomic E-state index is 12.1. The van der Waals surface area contributed by atoms with Crippen molar-refractivity contribution >= 4 is 18.3 Å². The van der Waals surface area contributed by atoms with Crippen molar-refractivity contribution in [2.45, 2.75) is 25.7 Å². The van der Waals surface area contributed by atoms with Gasteiger partial charge >= 0.3 is 0 Å². The number of halogens is 1. The zero-order chi connectivity index (χ0) is 10.5. The Kier molecular flexibility index (Phi) is 5.26. The Morgan fingerprint density at radius 3 is 2.19 bits per heavy atom. The number of pyridine rings is 1. The van der Waals surface area contributed by atoms with Crippen LogP contribution in [0.1, 0.15) is 36.0 Å². The van der Waals surface area contributed by atoms with Crippen LogP contribution in [0.3, 0.4) is 0 Å². The van der Waals surface area contributed by atoms with Gasteiger partial charge in [-0.1, -0.05) is 12.8 Å². The molecule has 1 aliphatic rings. The third-order valence-electron chi connectivity index (χ3n) is 2.82. The summed E-state index contributed by atoms with van der Waals surface area (Å²) in [4.78, 5) is 17.9. The van der Waals surface area contributed by atoms with Gasteiger partial charge in [0.1, 0.15) is 0 Å². The van der Waals surface area contributed by atoms with Crippen LogP contribution in [0.5, 0.6) is 0 Å². The maximum absolute atomic E-state index is 12.1. The summed E-state index contributed by atoms with van der Waals surface area (Å²) >= 11 is 0. The highest BCUT2D eigenvalue weighted by molar-refractivity contribution is 5.94. The van der Waals surface area contributed by atoms with Crippen LogP contribution in [-0.2, 0) is 0 Å². The lowest BCUT2D eigenvalue weighted by Crippen LogP contribution is -2.31. The normalized spacial score (nSPS) is 16.1. The van der Waals surface area contributed by atoms with Crippen LogP contribution < -0.4 is 0 Å². The van der Waals surface area contributed by atoms with Crippen molar-refractivity contribution in [2.24, 2.45) is 0 Å². The molecule has 1 fully saturated rings. The third kappa shape index (κ3) is 3.20. The van der Waals surface area contributed by atoms with Gasteiger partial charge in [0.2, 0.25) is 0 Å². The predicted molar refractivity (Wildman–Crippen MR) is 65.9 cm³/mol. The molecule has 1 amide bonds. The number of amides is 1. The number of aromatic nitrogens is 1. The quantitative estimate of drug-likeness (QED) is 0.756. The number of rotatable bonds is 1. The molecule has 0 aromatic carbocycles. The van der Waals surface area contributed by atoms with E-state index in [0.29, 0.717) is 0 Å². The maximum Gasteiger partial charge on any atom is 0.253 e. The van der Waals surface area contributed by atoms with Gasteiger partial charge in [-0.05, 0) is 25.0 Å². The molecular weight excluding hydrogens is 224 g/mol. The molecule has 1 saturated heterocycles. The lowest BCUT2D eigenvalue weighted by Gasteiger charge is -2.19. The lowest BCUT2D eigenvalue weighted by molar-refractivity contribution is 0.0761. The van der Waals surface area contributed by atoms with Crippen LogP contribution in [0.25, 0.3) is 0 Å². The van der Waals surface area contributed by atoms with Crippen molar-refractivity contribution in [1.82, 2.24) is 9.88 Å². The fourth-order valence-electron chi connectivity index (χ4n) is 1.95. The van der Waals surface area contributed by atoms with Crippen LogP contribution in [0.2, 0.25) is 0 Å². The number of hydrogen-bond donors (Lipinski definition) is 0. The first-order valence-electron chi connectivity index (χ1n) is 5.57.